The molecule has 0 aliphatic heterocycles. The maximum absolute atomic E-state index is 12.6. The minimum atomic E-state index is -3.78. The third-order valence-corrected chi connectivity index (χ3v) is 6.72. The van der Waals surface area contributed by atoms with Crippen LogP contribution in [0.5, 0.6) is 0 Å². The molecule has 0 radical (unpaired) electrons. The number of anilines is 1. The maximum atomic E-state index is 12.6. The number of nitrogens with one attached hydrogen (secondary N) is 2. The molecule has 0 spiro atoms. The lowest BCUT2D eigenvalue weighted by atomic mass is 10.1. The molecule has 0 unspecified atom stereocenters. The summed E-state index contributed by atoms with van der Waals surface area (Å²) >= 11 is 0. The van der Waals surface area contributed by atoms with Crippen molar-refractivity contribution in [2.75, 3.05) is 11.3 Å². The van der Waals surface area contributed by atoms with Crippen LogP contribution in [0, 0.1) is 0 Å². The van der Waals surface area contributed by atoms with Crippen LogP contribution in [0.25, 0.3) is 10.8 Å². The Bertz CT molecular complexity index is 1140. The van der Waals surface area contributed by atoms with Crippen molar-refractivity contribution in [3.05, 3.63) is 66.7 Å². The summed E-state index contributed by atoms with van der Waals surface area (Å²) in [5, 5.41) is 1.77. The predicted octanol–water partition coefficient (Wildman–Crippen LogP) is 2.94. The monoisotopic (exact) mass is 390 g/mol. The summed E-state index contributed by atoms with van der Waals surface area (Å²) in [7, 11) is -7.35. The van der Waals surface area contributed by atoms with E-state index in [4.69, 9.17) is 0 Å². The fraction of sp³-hybridized carbons (Fsp3) is 0.111. The van der Waals surface area contributed by atoms with Gasteiger partial charge in [-0.25, -0.2) is 21.6 Å². The lowest BCUT2D eigenvalue weighted by Gasteiger charge is -2.10. The molecule has 0 aliphatic carbocycles. The van der Waals surface area contributed by atoms with E-state index in [-0.39, 0.29) is 22.0 Å². The van der Waals surface area contributed by atoms with Crippen molar-refractivity contribution in [3.63, 3.8) is 0 Å². The van der Waals surface area contributed by atoms with Gasteiger partial charge in [-0.1, -0.05) is 37.3 Å². The molecule has 3 rings (SSSR count). The lowest BCUT2D eigenvalue weighted by molar-refractivity contribution is 0.584. The van der Waals surface area contributed by atoms with Crippen molar-refractivity contribution in [1.82, 2.24) is 4.72 Å². The fourth-order valence-electron chi connectivity index (χ4n) is 2.52. The molecule has 6 nitrogen and oxygen atoms in total. The second-order valence-corrected chi connectivity index (χ2v) is 9.09. The summed E-state index contributed by atoms with van der Waals surface area (Å²) in [6.45, 7) is 1.96. The minimum Gasteiger partial charge on any atom is -0.280 e. The van der Waals surface area contributed by atoms with Crippen molar-refractivity contribution >= 4 is 36.5 Å². The molecule has 2 N–H and O–H groups in total. The van der Waals surface area contributed by atoms with E-state index in [9.17, 15) is 16.8 Å². The van der Waals surface area contributed by atoms with Gasteiger partial charge in [0.1, 0.15) is 0 Å². The number of hydrogen-bond donors (Lipinski definition) is 2. The summed E-state index contributed by atoms with van der Waals surface area (Å²) in [4.78, 5) is 0.216. The third kappa shape index (κ3) is 3.87. The third-order valence-electron chi connectivity index (χ3n) is 3.78. The van der Waals surface area contributed by atoms with Gasteiger partial charge in [-0.2, -0.15) is 0 Å². The molecule has 0 fully saturated rings. The molecule has 0 bridgehead atoms. The van der Waals surface area contributed by atoms with Gasteiger partial charge < -0.3 is 0 Å². The Balaban J connectivity index is 1.87. The van der Waals surface area contributed by atoms with Crippen LogP contribution in [0.3, 0.4) is 0 Å². The largest absolute Gasteiger partial charge is 0.280 e. The van der Waals surface area contributed by atoms with Crippen LogP contribution in [0.2, 0.25) is 0 Å². The quantitative estimate of drug-likeness (QED) is 0.677. The van der Waals surface area contributed by atoms with E-state index in [1.165, 1.54) is 30.3 Å². The molecule has 26 heavy (non-hydrogen) atoms. The van der Waals surface area contributed by atoms with Crippen LogP contribution in [-0.2, 0) is 20.0 Å². The van der Waals surface area contributed by atoms with E-state index in [2.05, 4.69) is 9.44 Å². The highest BCUT2D eigenvalue weighted by molar-refractivity contribution is 7.92. The molecular weight excluding hydrogens is 372 g/mol. The van der Waals surface area contributed by atoms with Crippen LogP contribution in [0.15, 0.2) is 76.5 Å². The van der Waals surface area contributed by atoms with Crippen molar-refractivity contribution in [3.8, 4) is 0 Å². The Morgan fingerprint density at radius 1 is 0.731 bits per heavy atom. The van der Waals surface area contributed by atoms with Crippen molar-refractivity contribution in [2.45, 2.75) is 16.7 Å². The van der Waals surface area contributed by atoms with Crippen molar-refractivity contribution in [1.29, 1.82) is 0 Å². The number of benzene rings is 3. The molecular formula is C18H18N2O4S2. The van der Waals surface area contributed by atoms with E-state index in [0.29, 0.717) is 0 Å². The fourth-order valence-corrected chi connectivity index (χ4v) is 4.66. The van der Waals surface area contributed by atoms with E-state index in [1.54, 1.807) is 19.1 Å². The summed E-state index contributed by atoms with van der Waals surface area (Å²) in [5.74, 6) is 0. The van der Waals surface area contributed by atoms with Crippen LogP contribution < -0.4 is 9.44 Å². The Morgan fingerprint density at radius 2 is 1.35 bits per heavy atom. The van der Waals surface area contributed by atoms with E-state index in [0.717, 1.165) is 10.8 Å². The summed E-state index contributed by atoms with van der Waals surface area (Å²) in [5.41, 5.74) is 0.286. The van der Waals surface area contributed by atoms with E-state index >= 15 is 0 Å². The van der Waals surface area contributed by atoms with Gasteiger partial charge in [0.25, 0.3) is 10.0 Å². The maximum Gasteiger partial charge on any atom is 0.261 e. The Kier molecular flexibility index (Phi) is 4.99. The highest BCUT2D eigenvalue weighted by atomic mass is 32.2. The number of fused-ring (bicyclic) bond motifs is 1. The average molecular weight is 390 g/mol. The first-order chi connectivity index (χ1) is 12.3. The molecule has 136 valence electrons. The Hall–Kier alpha value is -2.42. The first-order valence-electron chi connectivity index (χ1n) is 7.93. The van der Waals surface area contributed by atoms with Crippen LogP contribution in [0.1, 0.15) is 6.92 Å². The average Bonchev–Trinajstić information content (AvgIpc) is 2.61. The Labute approximate surface area is 153 Å². The summed E-state index contributed by atoms with van der Waals surface area (Å²) in [6.07, 6.45) is 0. The number of rotatable bonds is 6. The predicted molar refractivity (Wildman–Crippen MR) is 102 cm³/mol. The van der Waals surface area contributed by atoms with Crippen molar-refractivity contribution in [2.24, 2.45) is 0 Å². The summed E-state index contributed by atoms with van der Waals surface area (Å²) in [6, 6.07) is 17.9. The SMILES string of the molecule is CCNS(=O)(=O)c1ccc(NS(=O)(=O)c2ccc3ccccc3c2)cc1. The van der Waals surface area contributed by atoms with Crippen molar-refractivity contribution < 1.29 is 16.8 Å². The topological polar surface area (TPSA) is 92.3 Å². The van der Waals surface area contributed by atoms with Gasteiger partial charge >= 0.3 is 0 Å². The van der Waals surface area contributed by atoms with Crippen LogP contribution in [0.4, 0.5) is 5.69 Å². The first kappa shape index (κ1) is 18.4. The van der Waals surface area contributed by atoms with Gasteiger partial charge in [0.15, 0.2) is 0 Å². The first-order valence-corrected chi connectivity index (χ1v) is 10.9. The second kappa shape index (κ2) is 7.06. The zero-order chi connectivity index (χ0) is 18.8. The minimum absolute atomic E-state index is 0.0769. The van der Waals surface area contributed by atoms with Gasteiger partial charge in [0, 0.05) is 12.2 Å². The Morgan fingerprint density at radius 3 is 2.00 bits per heavy atom. The molecule has 0 heterocycles. The van der Waals surface area contributed by atoms with Gasteiger partial charge in [-0.05, 0) is 47.2 Å². The summed E-state index contributed by atoms with van der Waals surface area (Å²) < 4.78 is 53.9. The van der Waals surface area contributed by atoms with Gasteiger partial charge in [-0.15, -0.1) is 0 Å². The number of hydrogen-bond acceptors (Lipinski definition) is 4. The van der Waals surface area contributed by atoms with E-state index in [1.807, 2.05) is 24.3 Å². The molecule has 0 aromatic heterocycles. The van der Waals surface area contributed by atoms with Crippen LogP contribution >= 0.6 is 0 Å². The highest BCUT2D eigenvalue weighted by Gasteiger charge is 2.16. The van der Waals surface area contributed by atoms with Gasteiger partial charge in [0.2, 0.25) is 10.0 Å². The molecule has 0 saturated heterocycles. The normalized spacial score (nSPS) is 12.2. The zero-order valence-electron chi connectivity index (χ0n) is 14.0. The van der Waals surface area contributed by atoms with Gasteiger partial charge in [0.05, 0.1) is 9.79 Å². The number of sulfonamides is 2. The molecule has 8 heteroatoms. The van der Waals surface area contributed by atoms with E-state index < -0.39 is 20.0 Å². The molecule has 0 atom stereocenters. The van der Waals surface area contributed by atoms with Crippen LogP contribution in [-0.4, -0.2) is 23.4 Å². The lowest BCUT2D eigenvalue weighted by Crippen LogP contribution is -2.23. The van der Waals surface area contributed by atoms with Gasteiger partial charge in [-0.3, -0.25) is 4.72 Å². The zero-order valence-corrected chi connectivity index (χ0v) is 15.6. The smallest absolute Gasteiger partial charge is 0.261 e. The molecule has 0 aliphatic rings. The molecule has 3 aromatic rings. The second-order valence-electron chi connectivity index (χ2n) is 5.64. The molecule has 3 aromatic carbocycles. The highest BCUT2D eigenvalue weighted by Crippen LogP contribution is 2.22. The molecule has 0 saturated carbocycles. The standard InChI is InChI=1S/C18H18N2O4S2/c1-2-19-25(21,22)17-11-8-16(9-12-17)20-26(23,24)18-10-7-14-5-3-4-6-15(14)13-18/h3-13,19-20H,2H2,1H3. The molecule has 0 amide bonds.